The van der Waals surface area contributed by atoms with Crippen molar-refractivity contribution in [3.8, 4) is 17.0 Å². The number of nitrogens with zero attached hydrogens (tertiary/aromatic N) is 4. The molecule has 33 heavy (non-hydrogen) atoms. The monoisotopic (exact) mass is 470 g/mol. The Morgan fingerprint density at radius 2 is 1.94 bits per heavy atom. The first-order valence-corrected chi connectivity index (χ1v) is 10.2. The van der Waals surface area contributed by atoms with Gasteiger partial charge in [0, 0.05) is 43.4 Å². The zero-order valence-electron chi connectivity index (χ0n) is 17.4. The first-order chi connectivity index (χ1) is 15.7. The highest BCUT2D eigenvalue weighted by atomic mass is 19.4. The molecule has 2 aliphatic heterocycles. The van der Waals surface area contributed by atoms with Gasteiger partial charge in [-0.3, -0.25) is 4.68 Å². The molecule has 2 aromatic heterocycles. The highest BCUT2D eigenvalue weighted by molar-refractivity contribution is 5.94. The van der Waals surface area contributed by atoms with Crippen LogP contribution < -0.4 is 4.90 Å². The van der Waals surface area contributed by atoms with Gasteiger partial charge in [-0.1, -0.05) is 0 Å². The standard InChI is InChI=1S/C21H19F5N4O3/c1-29-14-7-16(30-3-5-33-15-9-32-4-2-13(15)30)27-8-11(14)19(28-29)10-6-12(21(24,25)26)18(23)20(31)17(10)22/h6-8,13,15,31H,2-5,9H2,1H3/t13-,15-/m0/s1. The summed E-state index contributed by atoms with van der Waals surface area (Å²) >= 11 is 0. The number of hydrogen-bond acceptors (Lipinski definition) is 6. The number of rotatable bonds is 2. The number of ether oxygens (including phenoxy) is 2. The van der Waals surface area contributed by atoms with Gasteiger partial charge < -0.3 is 19.5 Å². The lowest BCUT2D eigenvalue weighted by atomic mass is 10.0. The van der Waals surface area contributed by atoms with Gasteiger partial charge in [0.2, 0.25) is 0 Å². The number of aromatic hydroxyl groups is 1. The number of phenols is 1. The van der Waals surface area contributed by atoms with E-state index in [1.54, 1.807) is 13.1 Å². The van der Waals surface area contributed by atoms with E-state index in [1.807, 2.05) is 0 Å². The Balaban J connectivity index is 1.61. The van der Waals surface area contributed by atoms with Crippen LogP contribution in [0.15, 0.2) is 18.3 Å². The number of pyridine rings is 1. The van der Waals surface area contributed by atoms with E-state index in [0.717, 1.165) is 6.42 Å². The maximum atomic E-state index is 14.6. The molecule has 176 valence electrons. The van der Waals surface area contributed by atoms with Crippen LogP contribution in [0, 0.1) is 11.6 Å². The number of aromatic nitrogens is 3. The molecule has 4 heterocycles. The third-order valence-electron chi connectivity index (χ3n) is 6.09. The van der Waals surface area contributed by atoms with Gasteiger partial charge in [0.05, 0.1) is 30.3 Å². The van der Waals surface area contributed by atoms with Crippen LogP contribution in [0.4, 0.5) is 27.8 Å². The molecule has 2 saturated heterocycles. The molecule has 0 aliphatic carbocycles. The van der Waals surface area contributed by atoms with Crippen molar-refractivity contribution >= 4 is 16.7 Å². The minimum atomic E-state index is -5.13. The smallest absolute Gasteiger partial charge is 0.419 e. The van der Waals surface area contributed by atoms with Gasteiger partial charge in [-0.05, 0) is 12.5 Å². The fraction of sp³-hybridized carbons (Fsp3) is 0.429. The molecule has 1 N–H and O–H groups in total. The first kappa shape index (κ1) is 21.8. The van der Waals surface area contributed by atoms with Crippen LogP contribution in [0.5, 0.6) is 5.75 Å². The molecule has 0 amide bonds. The minimum Gasteiger partial charge on any atom is -0.503 e. The summed E-state index contributed by atoms with van der Waals surface area (Å²) in [5.74, 6) is -4.68. The normalized spacial score (nSPS) is 21.5. The number of fused-ring (bicyclic) bond motifs is 2. The van der Waals surface area contributed by atoms with Crippen molar-refractivity contribution in [1.29, 1.82) is 0 Å². The van der Waals surface area contributed by atoms with Crippen molar-refractivity contribution in [2.24, 2.45) is 7.05 Å². The van der Waals surface area contributed by atoms with Gasteiger partial charge in [-0.25, -0.2) is 13.8 Å². The second kappa shape index (κ2) is 7.80. The number of phenolic OH excluding ortho intramolecular Hbond substituents is 1. The molecule has 1 aromatic carbocycles. The number of benzene rings is 1. The predicted octanol–water partition coefficient (Wildman–Crippen LogP) is 3.63. The molecule has 7 nitrogen and oxygen atoms in total. The van der Waals surface area contributed by atoms with Crippen LogP contribution >= 0.6 is 0 Å². The van der Waals surface area contributed by atoms with Gasteiger partial charge in [0.1, 0.15) is 17.6 Å². The van der Waals surface area contributed by atoms with Gasteiger partial charge in [0.15, 0.2) is 17.4 Å². The Bertz CT molecular complexity index is 1230. The minimum absolute atomic E-state index is 0.0611. The van der Waals surface area contributed by atoms with Crippen LogP contribution in [0.2, 0.25) is 0 Å². The molecule has 2 atom stereocenters. The van der Waals surface area contributed by atoms with Crippen molar-refractivity contribution in [1.82, 2.24) is 14.8 Å². The zero-order chi connectivity index (χ0) is 23.5. The average Bonchev–Trinajstić information content (AvgIpc) is 3.12. The van der Waals surface area contributed by atoms with Crippen molar-refractivity contribution in [2.45, 2.75) is 24.7 Å². The fourth-order valence-electron chi connectivity index (χ4n) is 4.47. The highest BCUT2D eigenvalue weighted by Crippen LogP contribution is 2.42. The lowest BCUT2D eigenvalue weighted by Gasteiger charge is -2.44. The van der Waals surface area contributed by atoms with E-state index in [-0.39, 0.29) is 23.2 Å². The van der Waals surface area contributed by atoms with Crippen LogP contribution in [-0.4, -0.2) is 58.4 Å². The molecule has 0 bridgehead atoms. The van der Waals surface area contributed by atoms with E-state index in [0.29, 0.717) is 43.8 Å². The lowest BCUT2D eigenvalue weighted by molar-refractivity contribution is -0.140. The van der Waals surface area contributed by atoms with Crippen molar-refractivity contribution < 1.29 is 36.5 Å². The second-order valence-corrected chi connectivity index (χ2v) is 8.01. The summed E-state index contributed by atoms with van der Waals surface area (Å²) in [5, 5.41) is 14.1. The van der Waals surface area contributed by atoms with E-state index in [2.05, 4.69) is 15.0 Å². The number of aryl methyl sites for hydroxylation is 1. The molecule has 2 fully saturated rings. The second-order valence-electron chi connectivity index (χ2n) is 8.01. The number of hydrogen-bond donors (Lipinski definition) is 1. The van der Waals surface area contributed by atoms with E-state index in [4.69, 9.17) is 9.47 Å². The number of anilines is 1. The van der Waals surface area contributed by atoms with Crippen molar-refractivity contribution in [3.05, 3.63) is 35.5 Å². The van der Waals surface area contributed by atoms with E-state index >= 15 is 0 Å². The van der Waals surface area contributed by atoms with E-state index in [9.17, 15) is 27.1 Å². The molecule has 3 aromatic rings. The molecule has 0 spiro atoms. The maximum absolute atomic E-state index is 14.6. The molecule has 12 heteroatoms. The molecular weight excluding hydrogens is 451 g/mol. The third kappa shape index (κ3) is 3.57. The summed E-state index contributed by atoms with van der Waals surface area (Å²) in [6.45, 7) is 2.16. The fourth-order valence-corrected chi connectivity index (χ4v) is 4.47. The molecular formula is C21H19F5N4O3. The lowest BCUT2D eigenvalue weighted by Crippen LogP contribution is -2.56. The van der Waals surface area contributed by atoms with Crippen LogP contribution in [0.3, 0.4) is 0 Å². The molecule has 5 rings (SSSR count). The highest BCUT2D eigenvalue weighted by Gasteiger charge is 2.39. The molecule has 2 aliphatic rings. The average molecular weight is 470 g/mol. The quantitative estimate of drug-likeness (QED) is 0.577. The summed E-state index contributed by atoms with van der Waals surface area (Å²) in [6.07, 6.45) is -3.08. The maximum Gasteiger partial charge on any atom is 0.419 e. The van der Waals surface area contributed by atoms with Gasteiger partial charge in [-0.2, -0.15) is 18.3 Å². The first-order valence-electron chi connectivity index (χ1n) is 10.2. The van der Waals surface area contributed by atoms with Crippen LogP contribution in [0.1, 0.15) is 12.0 Å². The SMILES string of the molecule is Cn1nc(-c2cc(C(F)(F)F)c(F)c(O)c2F)c2cnc(N3CCO[C@H]4COCC[C@@H]43)cc21. The Morgan fingerprint density at radius 3 is 2.70 bits per heavy atom. The summed E-state index contributed by atoms with van der Waals surface area (Å²) in [6, 6.07) is 2.09. The summed E-state index contributed by atoms with van der Waals surface area (Å²) in [4.78, 5) is 6.55. The number of morpholine rings is 1. The van der Waals surface area contributed by atoms with Crippen molar-refractivity contribution in [2.75, 3.05) is 31.3 Å². The molecule has 0 radical (unpaired) electrons. The van der Waals surface area contributed by atoms with Gasteiger partial charge in [0.25, 0.3) is 0 Å². The summed E-state index contributed by atoms with van der Waals surface area (Å²) in [5.41, 5.74) is -2.14. The molecule has 0 saturated carbocycles. The third-order valence-corrected chi connectivity index (χ3v) is 6.09. The largest absolute Gasteiger partial charge is 0.503 e. The molecule has 0 unspecified atom stereocenters. The Labute approximate surface area is 184 Å². The van der Waals surface area contributed by atoms with Crippen LogP contribution in [0.25, 0.3) is 22.2 Å². The zero-order valence-corrected chi connectivity index (χ0v) is 17.4. The van der Waals surface area contributed by atoms with Crippen LogP contribution in [-0.2, 0) is 22.7 Å². The number of alkyl halides is 3. The van der Waals surface area contributed by atoms with Gasteiger partial charge >= 0.3 is 6.18 Å². The predicted molar refractivity (Wildman–Crippen MR) is 107 cm³/mol. The Kier molecular flexibility index (Phi) is 5.16. The number of halogens is 5. The topological polar surface area (TPSA) is 72.6 Å². The summed E-state index contributed by atoms with van der Waals surface area (Å²) < 4.78 is 80.9. The van der Waals surface area contributed by atoms with E-state index in [1.165, 1.54) is 10.9 Å². The Morgan fingerprint density at radius 1 is 1.15 bits per heavy atom. The summed E-state index contributed by atoms with van der Waals surface area (Å²) in [7, 11) is 1.55. The van der Waals surface area contributed by atoms with Crippen molar-refractivity contribution in [3.63, 3.8) is 0 Å². The van der Waals surface area contributed by atoms with E-state index < -0.39 is 34.7 Å². The van der Waals surface area contributed by atoms with Gasteiger partial charge in [-0.15, -0.1) is 0 Å². The Hall–Kier alpha value is -2.99.